The number of nitrogens with two attached hydrogens (primary N) is 1. The summed E-state index contributed by atoms with van der Waals surface area (Å²) in [6.45, 7) is 2.60. The second kappa shape index (κ2) is 5.34. The van der Waals surface area contributed by atoms with Crippen LogP contribution in [0.5, 0.6) is 11.5 Å². The van der Waals surface area contributed by atoms with Gasteiger partial charge in [-0.05, 0) is 58.2 Å². The molecule has 0 amide bonds. The topological polar surface area (TPSA) is 35.2 Å². The van der Waals surface area contributed by atoms with Crippen molar-refractivity contribution < 1.29 is 4.74 Å². The van der Waals surface area contributed by atoms with Crippen molar-refractivity contribution in [3.63, 3.8) is 0 Å². The summed E-state index contributed by atoms with van der Waals surface area (Å²) in [4.78, 5) is 0. The van der Waals surface area contributed by atoms with E-state index < -0.39 is 0 Å². The fourth-order valence-electron chi connectivity index (χ4n) is 1.51. The number of hydrogen-bond acceptors (Lipinski definition) is 2. The van der Waals surface area contributed by atoms with E-state index in [4.69, 9.17) is 10.5 Å². The van der Waals surface area contributed by atoms with Gasteiger partial charge < -0.3 is 10.5 Å². The highest BCUT2D eigenvalue weighted by atomic mass is 79.9. The Hall–Kier alpha value is -1.32. The third kappa shape index (κ3) is 3.08. The molecular formula is C14H14BrNO. The lowest BCUT2D eigenvalue weighted by Gasteiger charge is -2.08. The SMILES string of the molecule is Cc1ccc(Oc2ccc(CN)cc2)c(Br)c1. The summed E-state index contributed by atoms with van der Waals surface area (Å²) in [6, 6.07) is 13.8. The minimum atomic E-state index is 0.550. The number of rotatable bonds is 3. The van der Waals surface area contributed by atoms with Gasteiger partial charge in [0.15, 0.2) is 0 Å². The Kier molecular flexibility index (Phi) is 3.82. The third-order valence-corrected chi connectivity index (χ3v) is 3.09. The molecule has 88 valence electrons. The van der Waals surface area contributed by atoms with Gasteiger partial charge in [0.25, 0.3) is 0 Å². The van der Waals surface area contributed by atoms with Crippen LogP contribution in [0.2, 0.25) is 0 Å². The zero-order valence-corrected chi connectivity index (χ0v) is 11.2. The van der Waals surface area contributed by atoms with Crippen LogP contribution in [0.25, 0.3) is 0 Å². The quantitative estimate of drug-likeness (QED) is 0.927. The summed E-state index contributed by atoms with van der Waals surface area (Å²) in [5.41, 5.74) is 7.84. The number of halogens is 1. The number of ether oxygens (including phenoxy) is 1. The fourth-order valence-corrected chi connectivity index (χ4v) is 2.08. The molecule has 2 nitrogen and oxygen atoms in total. The lowest BCUT2D eigenvalue weighted by molar-refractivity contribution is 0.479. The molecule has 0 aliphatic carbocycles. The zero-order chi connectivity index (χ0) is 12.3. The summed E-state index contributed by atoms with van der Waals surface area (Å²) in [6.07, 6.45) is 0. The summed E-state index contributed by atoms with van der Waals surface area (Å²) in [7, 11) is 0. The minimum Gasteiger partial charge on any atom is -0.456 e. The lowest BCUT2D eigenvalue weighted by atomic mass is 10.2. The van der Waals surface area contributed by atoms with E-state index in [-0.39, 0.29) is 0 Å². The van der Waals surface area contributed by atoms with E-state index in [1.165, 1.54) is 5.56 Å². The molecule has 2 rings (SSSR count). The zero-order valence-electron chi connectivity index (χ0n) is 9.61. The van der Waals surface area contributed by atoms with Crippen LogP contribution in [0.15, 0.2) is 46.9 Å². The number of aryl methyl sites for hydroxylation is 1. The Morgan fingerprint density at radius 3 is 2.41 bits per heavy atom. The molecule has 0 unspecified atom stereocenters. The summed E-state index contributed by atoms with van der Waals surface area (Å²) >= 11 is 3.49. The molecule has 0 spiro atoms. The van der Waals surface area contributed by atoms with Crippen molar-refractivity contribution in [1.29, 1.82) is 0 Å². The van der Waals surface area contributed by atoms with Gasteiger partial charge in [-0.15, -0.1) is 0 Å². The van der Waals surface area contributed by atoms with Crippen LogP contribution in [0.1, 0.15) is 11.1 Å². The molecule has 0 aliphatic rings. The van der Waals surface area contributed by atoms with Crippen LogP contribution < -0.4 is 10.5 Å². The second-order valence-electron chi connectivity index (χ2n) is 3.88. The predicted molar refractivity (Wildman–Crippen MR) is 73.3 cm³/mol. The van der Waals surface area contributed by atoms with E-state index in [1.807, 2.05) is 49.4 Å². The van der Waals surface area contributed by atoms with Crippen LogP contribution in [-0.2, 0) is 6.54 Å². The van der Waals surface area contributed by atoms with Gasteiger partial charge in [-0.3, -0.25) is 0 Å². The minimum absolute atomic E-state index is 0.550. The molecule has 0 atom stereocenters. The van der Waals surface area contributed by atoms with Crippen LogP contribution in [0, 0.1) is 6.92 Å². The first-order valence-electron chi connectivity index (χ1n) is 5.42. The summed E-state index contributed by atoms with van der Waals surface area (Å²) in [5, 5.41) is 0. The molecule has 3 heteroatoms. The first-order valence-corrected chi connectivity index (χ1v) is 6.21. The molecule has 0 aromatic heterocycles. The van der Waals surface area contributed by atoms with Crippen molar-refractivity contribution in [2.45, 2.75) is 13.5 Å². The lowest BCUT2D eigenvalue weighted by Crippen LogP contribution is -1.95. The van der Waals surface area contributed by atoms with Gasteiger partial charge in [0.2, 0.25) is 0 Å². The molecule has 0 fully saturated rings. The van der Waals surface area contributed by atoms with Gasteiger partial charge >= 0.3 is 0 Å². The molecule has 2 N–H and O–H groups in total. The van der Waals surface area contributed by atoms with Crippen molar-refractivity contribution in [2.24, 2.45) is 5.73 Å². The van der Waals surface area contributed by atoms with Gasteiger partial charge in [-0.25, -0.2) is 0 Å². The highest BCUT2D eigenvalue weighted by Gasteiger charge is 2.02. The molecule has 2 aromatic rings. The van der Waals surface area contributed by atoms with Crippen molar-refractivity contribution in [3.05, 3.63) is 58.1 Å². The highest BCUT2D eigenvalue weighted by molar-refractivity contribution is 9.10. The maximum Gasteiger partial charge on any atom is 0.141 e. The van der Waals surface area contributed by atoms with E-state index >= 15 is 0 Å². The fraction of sp³-hybridized carbons (Fsp3) is 0.143. The first kappa shape index (κ1) is 12.1. The normalized spacial score (nSPS) is 10.3. The molecule has 0 heterocycles. The van der Waals surface area contributed by atoms with E-state index in [0.29, 0.717) is 6.54 Å². The van der Waals surface area contributed by atoms with Gasteiger partial charge in [-0.2, -0.15) is 0 Å². The monoisotopic (exact) mass is 291 g/mol. The summed E-state index contributed by atoms with van der Waals surface area (Å²) < 4.78 is 6.73. The van der Waals surface area contributed by atoms with Crippen molar-refractivity contribution in [3.8, 4) is 11.5 Å². The van der Waals surface area contributed by atoms with Gasteiger partial charge in [-0.1, -0.05) is 18.2 Å². The molecule has 0 bridgehead atoms. The Balaban J connectivity index is 2.19. The van der Waals surface area contributed by atoms with E-state index in [9.17, 15) is 0 Å². The standard InChI is InChI=1S/C14H14BrNO/c1-10-2-7-14(13(15)8-10)17-12-5-3-11(9-16)4-6-12/h2-8H,9,16H2,1H3. The molecule has 0 radical (unpaired) electrons. The Bertz CT molecular complexity index is 508. The van der Waals surface area contributed by atoms with Gasteiger partial charge in [0, 0.05) is 6.54 Å². The number of hydrogen-bond donors (Lipinski definition) is 1. The van der Waals surface area contributed by atoms with E-state index in [2.05, 4.69) is 15.9 Å². The van der Waals surface area contributed by atoms with Crippen LogP contribution in [-0.4, -0.2) is 0 Å². The Labute approximate surface area is 110 Å². The van der Waals surface area contributed by atoms with Gasteiger partial charge in [0.05, 0.1) is 4.47 Å². The average Bonchev–Trinajstić information content (AvgIpc) is 2.34. The smallest absolute Gasteiger partial charge is 0.141 e. The molecule has 17 heavy (non-hydrogen) atoms. The molecule has 0 saturated carbocycles. The predicted octanol–water partition coefficient (Wildman–Crippen LogP) is 4.01. The van der Waals surface area contributed by atoms with Crippen LogP contribution in [0.3, 0.4) is 0 Å². The third-order valence-electron chi connectivity index (χ3n) is 2.47. The van der Waals surface area contributed by atoms with Crippen LogP contribution >= 0.6 is 15.9 Å². The van der Waals surface area contributed by atoms with E-state index in [1.54, 1.807) is 0 Å². The van der Waals surface area contributed by atoms with Gasteiger partial charge in [0.1, 0.15) is 11.5 Å². The number of benzene rings is 2. The Morgan fingerprint density at radius 1 is 1.12 bits per heavy atom. The average molecular weight is 292 g/mol. The van der Waals surface area contributed by atoms with Crippen molar-refractivity contribution >= 4 is 15.9 Å². The Morgan fingerprint density at radius 2 is 1.82 bits per heavy atom. The molecule has 0 aliphatic heterocycles. The maximum absolute atomic E-state index is 5.78. The van der Waals surface area contributed by atoms with Crippen molar-refractivity contribution in [1.82, 2.24) is 0 Å². The van der Waals surface area contributed by atoms with Crippen molar-refractivity contribution in [2.75, 3.05) is 0 Å². The molecule has 2 aromatic carbocycles. The maximum atomic E-state index is 5.78. The summed E-state index contributed by atoms with van der Waals surface area (Å²) in [5.74, 6) is 1.63. The highest BCUT2D eigenvalue weighted by Crippen LogP contribution is 2.30. The van der Waals surface area contributed by atoms with E-state index in [0.717, 1.165) is 21.5 Å². The second-order valence-corrected chi connectivity index (χ2v) is 4.74. The first-order chi connectivity index (χ1) is 8.19. The largest absolute Gasteiger partial charge is 0.456 e. The molecule has 0 saturated heterocycles. The molecular weight excluding hydrogens is 278 g/mol. The van der Waals surface area contributed by atoms with Crippen LogP contribution in [0.4, 0.5) is 0 Å².